The topological polar surface area (TPSA) is 48.5 Å². The van der Waals surface area contributed by atoms with E-state index in [9.17, 15) is 5.26 Å². The lowest BCUT2D eigenvalue weighted by molar-refractivity contribution is 0.794. The SMILES string of the molecule is N#Cc1ccc2c(c1)-c1ccc(-c3cccc(C4=CCC(c5cccc(-c6ccccc6)c5)=NC(c5ccccc5)=N4)c3)cc1C21c2ccccc2-c2ccccc21. The molecule has 1 spiro atoms. The molecule has 1 aliphatic heterocycles. The van der Waals surface area contributed by atoms with Gasteiger partial charge in [-0.1, -0.05) is 170 Å². The summed E-state index contributed by atoms with van der Waals surface area (Å²) < 4.78 is 0. The standard InChI is InChI=1S/C55H35N3/c56-35-36-25-28-50-47(31-36)46-27-26-41(34-51(46)55(50)48-23-9-7-21-44(48)45-22-8-10-24-49(45)55)40-18-12-20-43(33-40)53-30-29-52(57-54(58-53)38-15-5-2-6-16-38)42-19-11-17-39(32-42)37-13-3-1-4-14-37/h1-28,30-34H,29H2. The fourth-order valence-corrected chi connectivity index (χ4v) is 9.39. The van der Waals surface area contributed by atoms with E-state index < -0.39 is 5.41 Å². The molecule has 58 heavy (non-hydrogen) atoms. The maximum atomic E-state index is 9.97. The van der Waals surface area contributed by atoms with Gasteiger partial charge >= 0.3 is 0 Å². The predicted molar refractivity (Wildman–Crippen MR) is 237 cm³/mol. The van der Waals surface area contributed by atoms with Gasteiger partial charge in [-0.15, -0.1) is 0 Å². The van der Waals surface area contributed by atoms with Crippen molar-refractivity contribution in [2.24, 2.45) is 9.98 Å². The summed E-state index contributed by atoms with van der Waals surface area (Å²) in [5.41, 5.74) is 19.6. The van der Waals surface area contributed by atoms with Crippen LogP contribution in [-0.4, -0.2) is 11.5 Å². The number of fused-ring (bicyclic) bond motifs is 10. The molecule has 0 atom stereocenters. The normalized spacial score (nSPS) is 14.2. The third-order valence-corrected chi connectivity index (χ3v) is 12.0. The summed E-state index contributed by atoms with van der Waals surface area (Å²) >= 11 is 0. The van der Waals surface area contributed by atoms with E-state index in [1.165, 1.54) is 44.5 Å². The summed E-state index contributed by atoms with van der Waals surface area (Å²) in [5.74, 6) is 0.697. The minimum atomic E-state index is -0.496. The van der Waals surface area contributed by atoms with Crippen LogP contribution in [0.2, 0.25) is 0 Å². The van der Waals surface area contributed by atoms with Gasteiger partial charge in [0, 0.05) is 17.5 Å². The zero-order chi connectivity index (χ0) is 38.6. The van der Waals surface area contributed by atoms with Crippen LogP contribution in [0.5, 0.6) is 0 Å². The molecule has 0 bridgehead atoms. The minimum Gasteiger partial charge on any atom is -0.232 e. The third-order valence-electron chi connectivity index (χ3n) is 12.0. The van der Waals surface area contributed by atoms with E-state index in [2.05, 4.69) is 176 Å². The maximum Gasteiger partial charge on any atom is 0.160 e. The molecule has 1 heterocycles. The molecule has 3 aliphatic rings. The Labute approximate surface area is 338 Å². The van der Waals surface area contributed by atoms with Crippen LogP contribution >= 0.6 is 0 Å². The van der Waals surface area contributed by atoms with Gasteiger partial charge in [-0.3, -0.25) is 0 Å². The first-order valence-electron chi connectivity index (χ1n) is 19.8. The molecule has 0 unspecified atom stereocenters. The van der Waals surface area contributed by atoms with E-state index in [1.807, 2.05) is 30.3 Å². The van der Waals surface area contributed by atoms with Gasteiger partial charge in [-0.2, -0.15) is 5.26 Å². The van der Waals surface area contributed by atoms with Crippen molar-refractivity contribution in [1.82, 2.24) is 0 Å². The fourth-order valence-electron chi connectivity index (χ4n) is 9.39. The molecule has 0 N–H and O–H groups in total. The fraction of sp³-hybridized carbons (Fsp3) is 0.0364. The van der Waals surface area contributed by atoms with Crippen LogP contribution in [0, 0.1) is 11.3 Å². The number of hydrogen-bond acceptors (Lipinski definition) is 3. The smallest absolute Gasteiger partial charge is 0.160 e. The molecule has 0 saturated carbocycles. The molecule has 8 aromatic carbocycles. The third kappa shape index (κ3) is 5.27. The van der Waals surface area contributed by atoms with E-state index >= 15 is 0 Å². The quantitative estimate of drug-likeness (QED) is 0.173. The Bertz CT molecular complexity index is 3040. The Morgan fingerprint density at radius 3 is 1.67 bits per heavy atom. The lowest BCUT2D eigenvalue weighted by Gasteiger charge is -2.30. The number of nitrogens with zero attached hydrogens (tertiary/aromatic N) is 3. The molecule has 0 fully saturated rings. The van der Waals surface area contributed by atoms with Crippen molar-refractivity contribution in [3.63, 3.8) is 0 Å². The highest BCUT2D eigenvalue weighted by Crippen LogP contribution is 2.63. The van der Waals surface area contributed by atoms with Crippen LogP contribution in [0.3, 0.4) is 0 Å². The summed E-state index contributed by atoms with van der Waals surface area (Å²) in [5, 5.41) is 9.97. The van der Waals surface area contributed by atoms with Crippen molar-refractivity contribution in [3.8, 4) is 50.6 Å². The molecular formula is C55H35N3. The van der Waals surface area contributed by atoms with Crippen LogP contribution in [0.4, 0.5) is 0 Å². The Balaban J connectivity index is 1.03. The largest absolute Gasteiger partial charge is 0.232 e. The minimum absolute atomic E-state index is 0.496. The summed E-state index contributed by atoms with van der Waals surface area (Å²) in [6.45, 7) is 0. The zero-order valence-electron chi connectivity index (χ0n) is 31.6. The van der Waals surface area contributed by atoms with Gasteiger partial charge in [-0.25, -0.2) is 9.98 Å². The molecule has 11 rings (SSSR count). The molecular weight excluding hydrogens is 703 g/mol. The van der Waals surface area contributed by atoms with Crippen molar-refractivity contribution < 1.29 is 0 Å². The molecule has 3 heteroatoms. The second kappa shape index (κ2) is 13.5. The number of nitriles is 1. The van der Waals surface area contributed by atoms with Crippen LogP contribution in [0.1, 0.15) is 50.9 Å². The molecule has 8 aromatic rings. The Morgan fingerprint density at radius 1 is 0.397 bits per heavy atom. The van der Waals surface area contributed by atoms with Gasteiger partial charge < -0.3 is 0 Å². The van der Waals surface area contributed by atoms with Crippen LogP contribution in [-0.2, 0) is 5.41 Å². The van der Waals surface area contributed by atoms with Crippen molar-refractivity contribution in [2.75, 3.05) is 0 Å². The molecule has 2 aliphatic carbocycles. The van der Waals surface area contributed by atoms with Crippen molar-refractivity contribution in [2.45, 2.75) is 11.8 Å². The first-order valence-corrected chi connectivity index (χ1v) is 19.8. The first kappa shape index (κ1) is 33.6. The summed E-state index contributed by atoms with van der Waals surface area (Å²) in [4.78, 5) is 10.5. The van der Waals surface area contributed by atoms with Crippen LogP contribution in [0.15, 0.2) is 210 Å². The average molecular weight is 738 g/mol. The van der Waals surface area contributed by atoms with E-state index in [4.69, 9.17) is 9.98 Å². The molecule has 0 amide bonds. The second-order valence-electron chi connectivity index (χ2n) is 15.2. The van der Waals surface area contributed by atoms with Crippen LogP contribution < -0.4 is 0 Å². The number of amidine groups is 1. The lowest BCUT2D eigenvalue weighted by atomic mass is 9.70. The number of benzene rings is 8. The van der Waals surface area contributed by atoms with Gasteiger partial charge in [0.25, 0.3) is 0 Å². The van der Waals surface area contributed by atoms with Crippen molar-refractivity contribution >= 4 is 17.2 Å². The molecule has 0 radical (unpaired) electrons. The predicted octanol–water partition coefficient (Wildman–Crippen LogP) is 12.9. The van der Waals surface area contributed by atoms with E-state index in [0.717, 1.165) is 50.4 Å². The highest BCUT2D eigenvalue weighted by atomic mass is 14.9. The number of hydrogen-bond donors (Lipinski definition) is 0. The monoisotopic (exact) mass is 737 g/mol. The zero-order valence-corrected chi connectivity index (χ0v) is 31.6. The molecule has 270 valence electrons. The second-order valence-corrected chi connectivity index (χ2v) is 15.2. The van der Waals surface area contributed by atoms with Gasteiger partial charge in [0.05, 0.1) is 28.5 Å². The number of allylic oxidation sites excluding steroid dienone is 1. The van der Waals surface area contributed by atoms with Gasteiger partial charge in [-0.05, 0) is 103 Å². The maximum absolute atomic E-state index is 9.97. The Morgan fingerprint density at radius 2 is 0.948 bits per heavy atom. The Hall–Kier alpha value is -7.67. The highest BCUT2D eigenvalue weighted by Gasteiger charge is 2.51. The van der Waals surface area contributed by atoms with Gasteiger partial charge in [0.2, 0.25) is 0 Å². The van der Waals surface area contributed by atoms with E-state index in [-0.39, 0.29) is 0 Å². The average Bonchev–Trinajstić information content (AvgIpc) is 3.63. The molecule has 0 aromatic heterocycles. The summed E-state index contributed by atoms with van der Waals surface area (Å²) in [6.07, 6.45) is 2.86. The highest BCUT2D eigenvalue weighted by molar-refractivity contribution is 6.15. The molecule has 0 saturated heterocycles. The Kier molecular flexibility index (Phi) is 7.84. The molecule has 3 nitrogen and oxygen atoms in total. The summed E-state index contributed by atoms with van der Waals surface area (Å²) in [7, 11) is 0. The lowest BCUT2D eigenvalue weighted by Crippen LogP contribution is -2.25. The number of aliphatic imine (C=N–C) groups is 2. The van der Waals surface area contributed by atoms with E-state index in [0.29, 0.717) is 17.8 Å². The van der Waals surface area contributed by atoms with Gasteiger partial charge in [0.1, 0.15) is 0 Å². The van der Waals surface area contributed by atoms with Crippen molar-refractivity contribution in [1.29, 1.82) is 5.26 Å². The number of rotatable bonds is 5. The van der Waals surface area contributed by atoms with Crippen molar-refractivity contribution in [3.05, 3.63) is 245 Å². The first-order chi connectivity index (χ1) is 28.7. The van der Waals surface area contributed by atoms with Gasteiger partial charge in [0.15, 0.2) is 5.84 Å². The van der Waals surface area contributed by atoms with E-state index in [1.54, 1.807) is 0 Å². The summed E-state index contributed by atoms with van der Waals surface area (Å²) in [6, 6.07) is 71.3. The van der Waals surface area contributed by atoms with Crippen LogP contribution in [0.25, 0.3) is 50.2 Å².